The summed E-state index contributed by atoms with van der Waals surface area (Å²) in [6.45, 7) is 9.30. The average molecular weight is 501 g/mol. The van der Waals surface area contributed by atoms with Crippen molar-refractivity contribution in [2.45, 2.75) is 81.5 Å². The van der Waals surface area contributed by atoms with Crippen molar-refractivity contribution in [1.29, 1.82) is 0 Å². The van der Waals surface area contributed by atoms with Crippen molar-refractivity contribution in [2.24, 2.45) is 5.92 Å². The zero-order chi connectivity index (χ0) is 25.6. The summed E-state index contributed by atoms with van der Waals surface area (Å²) in [7, 11) is 1.15. The average Bonchev–Trinajstić information content (AvgIpc) is 3.34. The van der Waals surface area contributed by atoms with E-state index in [0.717, 1.165) is 21.0 Å². The molecule has 2 heterocycles. The molecule has 2 fully saturated rings. The molecule has 0 aromatic carbocycles. The van der Waals surface area contributed by atoms with Gasteiger partial charge in [-0.05, 0) is 33.6 Å². The molecule has 0 radical (unpaired) electrons. The maximum atomic E-state index is 13.0. The molecule has 0 saturated carbocycles. The molecule has 2 saturated heterocycles. The molecule has 8 atom stereocenters. The minimum atomic E-state index is -2.14. The predicted octanol–water partition coefficient (Wildman–Crippen LogP) is 1.36. The van der Waals surface area contributed by atoms with Gasteiger partial charge >= 0.3 is 23.9 Å². The number of hydrogen-bond acceptors (Lipinski definition) is 10. The van der Waals surface area contributed by atoms with Gasteiger partial charge in [-0.3, -0.25) is 4.79 Å². The van der Waals surface area contributed by atoms with Gasteiger partial charge in [-0.2, -0.15) is 0 Å². The molecule has 0 aromatic rings. The van der Waals surface area contributed by atoms with Gasteiger partial charge in [-0.1, -0.05) is 12.7 Å². The van der Waals surface area contributed by atoms with Crippen LogP contribution in [-0.4, -0.2) is 77.1 Å². The maximum absolute atomic E-state index is 13.0. The third kappa shape index (κ3) is 4.71. The summed E-state index contributed by atoms with van der Waals surface area (Å²) in [5.41, 5.74) is -2.95. The van der Waals surface area contributed by atoms with E-state index in [2.05, 4.69) is 6.58 Å². The van der Waals surface area contributed by atoms with E-state index in [1.165, 1.54) is 13.0 Å². The fourth-order valence-corrected chi connectivity index (χ4v) is 4.37. The van der Waals surface area contributed by atoms with Gasteiger partial charge in [0.2, 0.25) is 0 Å². The zero-order valence-corrected chi connectivity index (χ0v) is 20.4. The Bertz CT molecular complexity index is 938. The van der Waals surface area contributed by atoms with Gasteiger partial charge in [-0.15, -0.1) is 11.6 Å². The number of methoxy groups -OCH3 is 1. The number of alkyl halides is 1. The van der Waals surface area contributed by atoms with Crippen molar-refractivity contribution in [1.82, 2.24) is 0 Å². The van der Waals surface area contributed by atoms with Crippen LogP contribution in [0, 0.1) is 5.92 Å². The Morgan fingerprint density at radius 2 is 2.00 bits per heavy atom. The third-order valence-corrected chi connectivity index (χ3v) is 7.03. The Morgan fingerprint density at radius 3 is 2.56 bits per heavy atom. The van der Waals surface area contributed by atoms with Gasteiger partial charge in [-0.25, -0.2) is 14.4 Å². The van der Waals surface area contributed by atoms with E-state index in [9.17, 15) is 24.3 Å². The van der Waals surface area contributed by atoms with Crippen LogP contribution in [0.4, 0.5) is 0 Å². The van der Waals surface area contributed by atoms with Crippen LogP contribution < -0.4 is 0 Å². The molecule has 0 aromatic heterocycles. The van der Waals surface area contributed by atoms with E-state index < -0.39 is 70.8 Å². The smallest absolute Gasteiger partial charge is 0.339 e. The molecule has 3 rings (SSSR count). The highest BCUT2D eigenvalue weighted by Crippen LogP contribution is 2.50. The molecule has 11 heteroatoms. The van der Waals surface area contributed by atoms with E-state index in [-0.39, 0.29) is 11.1 Å². The summed E-state index contributed by atoms with van der Waals surface area (Å²) in [6, 6.07) is 0. The molecular weight excluding hydrogens is 472 g/mol. The number of halogens is 1. The summed E-state index contributed by atoms with van der Waals surface area (Å²) >= 11 is 5.98. The summed E-state index contributed by atoms with van der Waals surface area (Å²) in [4.78, 5) is 50.3. The fourth-order valence-electron chi connectivity index (χ4n) is 4.28. The van der Waals surface area contributed by atoms with Gasteiger partial charge in [0.1, 0.15) is 12.2 Å². The highest BCUT2D eigenvalue weighted by molar-refractivity contribution is 6.22. The molecule has 0 amide bonds. The molecule has 0 bridgehead atoms. The van der Waals surface area contributed by atoms with E-state index in [4.69, 9.17) is 35.3 Å². The van der Waals surface area contributed by atoms with Crippen LogP contribution in [0.25, 0.3) is 0 Å². The van der Waals surface area contributed by atoms with Gasteiger partial charge in [0.15, 0.2) is 17.8 Å². The lowest BCUT2D eigenvalue weighted by molar-refractivity contribution is -0.184. The van der Waals surface area contributed by atoms with E-state index in [1.807, 2.05) is 6.92 Å². The van der Waals surface area contributed by atoms with Gasteiger partial charge in [0.05, 0.1) is 29.6 Å². The van der Waals surface area contributed by atoms with Gasteiger partial charge < -0.3 is 28.8 Å². The summed E-state index contributed by atoms with van der Waals surface area (Å²) in [5, 5.41) is 9.54. The molecule has 2 aliphatic heterocycles. The largest absolute Gasteiger partial charge is 0.466 e. The zero-order valence-electron chi connectivity index (χ0n) is 19.7. The lowest BCUT2D eigenvalue weighted by atomic mass is 9.80. The second kappa shape index (κ2) is 9.31. The molecule has 1 N–H and O–H groups in total. The van der Waals surface area contributed by atoms with Crippen molar-refractivity contribution in [3.8, 4) is 0 Å². The molecule has 3 aliphatic rings. The molecule has 188 valence electrons. The number of aliphatic hydroxyl groups is 1. The van der Waals surface area contributed by atoms with E-state index in [0.29, 0.717) is 12.8 Å². The molecule has 0 unspecified atom stereocenters. The fraction of sp³-hybridized carbons (Fsp3) is 0.652. The lowest BCUT2D eigenvalue weighted by Gasteiger charge is -2.35. The monoisotopic (exact) mass is 500 g/mol. The van der Waals surface area contributed by atoms with Gasteiger partial charge in [0, 0.05) is 12.5 Å². The highest BCUT2D eigenvalue weighted by Gasteiger charge is 2.65. The van der Waals surface area contributed by atoms with Crippen molar-refractivity contribution in [3.05, 3.63) is 23.8 Å². The van der Waals surface area contributed by atoms with Crippen molar-refractivity contribution in [3.63, 3.8) is 0 Å². The normalized spacial score (nSPS) is 36.9. The molecule has 0 spiro atoms. The first kappa shape index (κ1) is 26.2. The second-order valence-corrected chi connectivity index (χ2v) is 9.78. The quantitative estimate of drug-likeness (QED) is 0.193. The number of fused-ring (bicyclic) bond motifs is 3. The number of esters is 4. The highest BCUT2D eigenvalue weighted by atomic mass is 35.5. The Hall–Kier alpha value is -2.43. The van der Waals surface area contributed by atoms with Crippen molar-refractivity contribution >= 4 is 35.5 Å². The summed E-state index contributed by atoms with van der Waals surface area (Å²) in [5.74, 6) is -4.55. The molecule has 34 heavy (non-hydrogen) atoms. The van der Waals surface area contributed by atoms with E-state index >= 15 is 0 Å². The first-order valence-corrected chi connectivity index (χ1v) is 11.3. The number of carbonyl (C=O) groups excluding carboxylic acids is 4. The Kier molecular flexibility index (Phi) is 7.17. The number of ether oxygens (including phenoxy) is 5. The second-order valence-electron chi connectivity index (χ2n) is 9.13. The SMILES string of the molecule is C=C1C(=O)O[C@H]2[C@H]1[C@H](OC(=O)[C@](C)(O)[C@@H](C)Cl)[C@@H](OC(C)=O)/C(C(=O)OC)=C\CC[C@@]1(C)O[C@@H]21. The first-order chi connectivity index (χ1) is 15.7. The first-order valence-electron chi connectivity index (χ1n) is 10.8. The number of epoxide rings is 1. The lowest BCUT2D eigenvalue weighted by Crippen LogP contribution is -2.52. The predicted molar refractivity (Wildman–Crippen MR) is 116 cm³/mol. The van der Waals surface area contributed by atoms with Crippen LogP contribution in [0.2, 0.25) is 0 Å². The maximum Gasteiger partial charge on any atom is 0.339 e. The summed E-state index contributed by atoms with van der Waals surface area (Å²) < 4.78 is 27.4. The van der Waals surface area contributed by atoms with E-state index in [1.54, 1.807) is 0 Å². The topological polar surface area (TPSA) is 138 Å². The van der Waals surface area contributed by atoms with Crippen LogP contribution in [-0.2, 0) is 42.9 Å². The third-order valence-electron chi connectivity index (χ3n) is 6.61. The van der Waals surface area contributed by atoms with Crippen LogP contribution in [0.15, 0.2) is 23.8 Å². The van der Waals surface area contributed by atoms with Gasteiger partial charge in [0.25, 0.3) is 0 Å². The molecule has 10 nitrogen and oxygen atoms in total. The number of hydrogen-bond donors (Lipinski definition) is 1. The standard InChI is InChI=1S/C23H29ClO10/c1-10-14-16(33-21(28)23(5,29)11(2)24)15(31-12(3)25)13(20(27)30-6)8-7-9-22(4)18(34-22)17(14)32-19(10)26/h8,11,14-18,29H,1,7,9H2,2-6H3/b13-8+/t11-,14-,15+,16+,17+,18+,22-,23-/m1/s1. The molecule has 1 aliphatic carbocycles. The van der Waals surface area contributed by atoms with Crippen molar-refractivity contribution < 1.29 is 48.0 Å². The van der Waals surface area contributed by atoms with Crippen LogP contribution in [0.5, 0.6) is 0 Å². The number of rotatable bonds is 5. The van der Waals surface area contributed by atoms with Crippen LogP contribution >= 0.6 is 11.6 Å². The van der Waals surface area contributed by atoms with Crippen molar-refractivity contribution in [2.75, 3.05) is 7.11 Å². The Balaban J connectivity index is 2.18. The summed E-state index contributed by atoms with van der Waals surface area (Å²) in [6.07, 6.45) is -2.12. The number of carbonyl (C=O) groups is 4. The minimum absolute atomic E-state index is 0.0545. The number of allylic oxidation sites excluding steroid dienone is 1. The molecular formula is C23H29ClO10. The Morgan fingerprint density at radius 1 is 1.35 bits per heavy atom. The Labute approximate surface area is 202 Å². The van der Waals surface area contributed by atoms with Crippen LogP contribution in [0.3, 0.4) is 0 Å². The minimum Gasteiger partial charge on any atom is -0.466 e. The van der Waals surface area contributed by atoms with Crippen LogP contribution in [0.1, 0.15) is 40.5 Å².